The van der Waals surface area contributed by atoms with Crippen LogP contribution in [0.4, 0.5) is 17.1 Å². The molecule has 0 bridgehead atoms. The fourth-order valence-corrected chi connectivity index (χ4v) is 9.56. The number of hydrogen-bond donors (Lipinski definition) is 0. The van der Waals surface area contributed by atoms with Gasteiger partial charge >= 0.3 is 0 Å². The summed E-state index contributed by atoms with van der Waals surface area (Å²) in [7, 11) is 0. The molecule has 0 atom stereocenters. The second-order valence-corrected chi connectivity index (χ2v) is 13.9. The lowest BCUT2D eigenvalue weighted by Gasteiger charge is -2.34. The maximum absolute atomic E-state index is 2.41. The lowest BCUT2D eigenvalue weighted by molar-refractivity contribution is 0.778. The highest BCUT2D eigenvalue weighted by Crippen LogP contribution is 2.58. The molecule has 10 rings (SSSR count). The Morgan fingerprint density at radius 2 is 1.00 bits per heavy atom. The van der Waals surface area contributed by atoms with Crippen molar-refractivity contribution in [2.45, 2.75) is 5.41 Å². The average molecular weight is 642 g/mol. The minimum atomic E-state index is -0.434. The molecule has 0 fully saturated rings. The molecule has 1 aromatic heterocycles. The van der Waals surface area contributed by atoms with Crippen LogP contribution in [0.1, 0.15) is 22.3 Å². The Morgan fingerprint density at radius 3 is 1.78 bits per heavy atom. The Kier molecular flexibility index (Phi) is 6.34. The van der Waals surface area contributed by atoms with Gasteiger partial charge in [-0.15, -0.1) is 11.3 Å². The fourth-order valence-electron chi connectivity index (χ4n) is 8.31. The Hall–Kier alpha value is -5.96. The number of benzene rings is 8. The molecule has 1 aliphatic carbocycles. The number of thiophene rings is 1. The van der Waals surface area contributed by atoms with E-state index >= 15 is 0 Å². The van der Waals surface area contributed by atoms with Crippen molar-refractivity contribution in [3.05, 3.63) is 210 Å². The minimum absolute atomic E-state index is 0.434. The normalized spacial score (nSPS) is 13.1. The molecule has 0 aliphatic heterocycles. The largest absolute Gasteiger partial charge is 0.310 e. The third-order valence-corrected chi connectivity index (χ3v) is 11.5. The standard InChI is InChI=1S/C47H31NS/c1-3-17-33(18-4-1)47(41-25-11-9-22-37(41)38-23-10-12-26-42(38)47)43-27-14-24-39-40-31-35(29-30-45(40)49-46(39)43)48(34-19-5-2-6-20-34)44-28-13-16-32-15-7-8-21-36(32)44/h1-31H. The van der Waals surface area contributed by atoms with Gasteiger partial charge in [0.05, 0.1) is 11.1 Å². The number of fused-ring (bicyclic) bond motifs is 7. The highest BCUT2D eigenvalue weighted by Gasteiger charge is 2.46. The van der Waals surface area contributed by atoms with Crippen LogP contribution in [0.25, 0.3) is 42.1 Å². The quantitative estimate of drug-likeness (QED) is 0.181. The molecule has 0 saturated carbocycles. The summed E-state index contributed by atoms with van der Waals surface area (Å²) in [6.07, 6.45) is 0. The predicted octanol–water partition coefficient (Wildman–Crippen LogP) is 13.0. The Labute approximate surface area is 290 Å². The van der Waals surface area contributed by atoms with Gasteiger partial charge in [0, 0.05) is 36.9 Å². The van der Waals surface area contributed by atoms with Gasteiger partial charge in [-0.2, -0.15) is 0 Å². The number of rotatable bonds is 5. The molecule has 49 heavy (non-hydrogen) atoms. The van der Waals surface area contributed by atoms with E-state index in [1.165, 1.54) is 70.0 Å². The maximum Gasteiger partial charge on any atom is 0.0727 e. The van der Waals surface area contributed by atoms with E-state index in [0.29, 0.717) is 0 Å². The maximum atomic E-state index is 2.41. The molecular weight excluding hydrogens is 611 g/mol. The van der Waals surface area contributed by atoms with Crippen LogP contribution in [0.15, 0.2) is 188 Å². The van der Waals surface area contributed by atoms with Crippen LogP contribution in [0, 0.1) is 0 Å². The van der Waals surface area contributed by atoms with Crippen LogP contribution in [-0.4, -0.2) is 0 Å². The lowest BCUT2D eigenvalue weighted by Crippen LogP contribution is -2.28. The van der Waals surface area contributed by atoms with Gasteiger partial charge in [-0.05, 0) is 75.2 Å². The second-order valence-electron chi connectivity index (χ2n) is 12.8. The first-order valence-electron chi connectivity index (χ1n) is 16.9. The third-order valence-electron chi connectivity index (χ3n) is 10.3. The predicted molar refractivity (Wildman–Crippen MR) is 209 cm³/mol. The lowest BCUT2D eigenvalue weighted by atomic mass is 9.67. The Bertz CT molecular complexity index is 2620. The smallest absolute Gasteiger partial charge is 0.0727 e. The van der Waals surface area contributed by atoms with Crippen LogP contribution in [0.2, 0.25) is 0 Å². The molecule has 230 valence electrons. The van der Waals surface area contributed by atoms with E-state index in [0.717, 1.165) is 11.4 Å². The first kappa shape index (κ1) is 28.1. The van der Waals surface area contributed by atoms with Crippen molar-refractivity contribution < 1.29 is 0 Å². The van der Waals surface area contributed by atoms with Gasteiger partial charge in [-0.1, -0.05) is 152 Å². The molecule has 0 unspecified atom stereocenters. The molecule has 8 aromatic carbocycles. The van der Waals surface area contributed by atoms with Crippen molar-refractivity contribution in [2.75, 3.05) is 4.90 Å². The van der Waals surface area contributed by atoms with E-state index in [-0.39, 0.29) is 0 Å². The van der Waals surface area contributed by atoms with Crippen molar-refractivity contribution in [2.24, 2.45) is 0 Å². The van der Waals surface area contributed by atoms with Gasteiger partial charge in [0.25, 0.3) is 0 Å². The van der Waals surface area contributed by atoms with Crippen LogP contribution < -0.4 is 4.90 Å². The van der Waals surface area contributed by atoms with Gasteiger partial charge in [-0.3, -0.25) is 0 Å². The summed E-state index contributed by atoms with van der Waals surface area (Å²) in [4.78, 5) is 2.41. The molecule has 2 heteroatoms. The fraction of sp³-hybridized carbons (Fsp3) is 0.0213. The van der Waals surface area contributed by atoms with Crippen LogP contribution in [0.5, 0.6) is 0 Å². The summed E-state index contributed by atoms with van der Waals surface area (Å²) >= 11 is 1.91. The summed E-state index contributed by atoms with van der Waals surface area (Å²) in [6.45, 7) is 0. The molecule has 0 radical (unpaired) electrons. The van der Waals surface area contributed by atoms with Gasteiger partial charge < -0.3 is 4.90 Å². The molecule has 1 aliphatic rings. The molecule has 0 saturated heterocycles. The SMILES string of the molecule is c1ccc(N(c2ccc3sc4c(C5(c6ccccc6)c6ccccc6-c6ccccc65)cccc4c3c2)c2cccc3ccccc23)cc1. The Morgan fingerprint density at radius 1 is 0.408 bits per heavy atom. The van der Waals surface area contributed by atoms with E-state index in [1.54, 1.807) is 0 Å². The van der Waals surface area contributed by atoms with Crippen molar-refractivity contribution in [1.29, 1.82) is 0 Å². The third kappa shape index (κ3) is 4.11. The van der Waals surface area contributed by atoms with Crippen molar-refractivity contribution in [3.8, 4) is 11.1 Å². The first-order valence-corrected chi connectivity index (χ1v) is 17.7. The van der Waals surface area contributed by atoms with E-state index in [1.807, 2.05) is 11.3 Å². The number of anilines is 3. The van der Waals surface area contributed by atoms with E-state index < -0.39 is 5.41 Å². The summed E-state index contributed by atoms with van der Waals surface area (Å²) in [6, 6.07) is 69.1. The van der Waals surface area contributed by atoms with E-state index in [4.69, 9.17) is 0 Å². The van der Waals surface area contributed by atoms with Crippen molar-refractivity contribution in [3.63, 3.8) is 0 Å². The van der Waals surface area contributed by atoms with Crippen LogP contribution >= 0.6 is 11.3 Å². The molecule has 1 nitrogen and oxygen atoms in total. The summed E-state index contributed by atoms with van der Waals surface area (Å²) < 4.78 is 2.63. The van der Waals surface area contributed by atoms with Gasteiger partial charge in [0.15, 0.2) is 0 Å². The van der Waals surface area contributed by atoms with Crippen LogP contribution in [-0.2, 0) is 5.41 Å². The van der Waals surface area contributed by atoms with Crippen molar-refractivity contribution in [1.82, 2.24) is 0 Å². The molecule has 0 amide bonds. The summed E-state index contributed by atoms with van der Waals surface area (Å²) in [5.74, 6) is 0. The zero-order chi connectivity index (χ0) is 32.4. The zero-order valence-electron chi connectivity index (χ0n) is 26.8. The molecule has 1 heterocycles. The van der Waals surface area contributed by atoms with Crippen molar-refractivity contribution >= 4 is 59.3 Å². The van der Waals surface area contributed by atoms with E-state index in [2.05, 4.69) is 193 Å². The number of hydrogen-bond acceptors (Lipinski definition) is 2. The first-order chi connectivity index (χ1) is 24.3. The van der Waals surface area contributed by atoms with Gasteiger partial charge in [0.1, 0.15) is 0 Å². The second kappa shape index (κ2) is 11.1. The monoisotopic (exact) mass is 641 g/mol. The Balaban J connectivity index is 1.25. The molecule has 0 spiro atoms. The number of para-hydroxylation sites is 1. The molecule has 0 N–H and O–H groups in total. The highest BCUT2D eigenvalue weighted by atomic mass is 32.1. The topological polar surface area (TPSA) is 3.24 Å². The average Bonchev–Trinajstić information content (AvgIpc) is 3.70. The van der Waals surface area contributed by atoms with Gasteiger partial charge in [-0.25, -0.2) is 0 Å². The molecular formula is C47H31NS. The zero-order valence-corrected chi connectivity index (χ0v) is 27.6. The highest BCUT2D eigenvalue weighted by molar-refractivity contribution is 7.26. The van der Waals surface area contributed by atoms with Crippen LogP contribution in [0.3, 0.4) is 0 Å². The van der Waals surface area contributed by atoms with Gasteiger partial charge in [0.2, 0.25) is 0 Å². The molecule has 9 aromatic rings. The summed E-state index contributed by atoms with van der Waals surface area (Å²) in [5.41, 5.74) is 11.0. The minimum Gasteiger partial charge on any atom is -0.310 e. The van der Waals surface area contributed by atoms with E-state index in [9.17, 15) is 0 Å². The summed E-state index contributed by atoms with van der Waals surface area (Å²) in [5, 5.41) is 5.04. The number of nitrogens with zero attached hydrogens (tertiary/aromatic N) is 1.